The molecule has 1 unspecified atom stereocenters. The van der Waals surface area contributed by atoms with Crippen LogP contribution in [0, 0.1) is 5.92 Å². The summed E-state index contributed by atoms with van der Waals surface area (Å²) in [6.45, 7) is 7.88. The highest BCUT2D eigenvalue weighted by atomic mass is 16.2. The molecule has 1 aromatic rings. The number of nitrogens with one attached hydrogen (secondary N) is 2. The van der Waals surface area contributed by atoms with Crippen molar-refractivity contribution in [3.8, 4) is 0 Å². The first kappa shape index (κ1) is 19.9. The lowest BCUT2D eigenvalue weighted by Gasteiger charge is -2.28. The molecule has 0 aliphatic heterocycles. The predicted octanol–water partition coefficient (Wildman–Crippen LogP) is 3.31. The van der Waals surface area contributed by atoms with E-state index < -0.39 is 0 Å². The number of amides is 1. The molecule has 1 fully saturated rings. The molecule has 0 radical (unpaired) electrons. The van der Waals surface area contributed by atoms with Gasteiger partial charge in [0.1, 0.15) is 0 Å². The molecule has 0 saturated heterocycles. The van der Waals surface area contributed by atoms with Crippen molar-refractivity contribution < 1.29 is 4.79 Å². The van der Waals surface area contributed by atoms with Crippen LogP contribution in [0.3, 0.4) is 0 Å². The number of nitrogens with zero attached hydrogens (tertiary/aromatic N) is 1. The number of rotatable bonds is 9. The van der Waals surface area contributed by atoms with Crippen LogP contribution >= 0.6 is 0 Å². The van der Waals surface area contributed by atoms with Crippen molar-refractivity contribution in [2.45, 2.75) is 71.1 Å². The van der Waals surface area contributed by atoms with Gasteiger partial charge in [-0.1, -0.05) is 37.1 Å². The molecule has 2 rings (SSSR count). The van der Waals surface area contributed by atoms with Crippen molar-refractivity contribution in [2.75, 3.05) is 14.1 Å². The number of carbonyl (C=O) groups is 1. The molecule has 1 amide bonds. The molecule has 1 aliphatic rings. The second kappa shape index (κ2) is 8.81. The molecule has 2 N–H and O–H groups in total. The fraction of sp³-hybridized carbons (Fsp3) is 0.667. The third-order valence-electron chi connectivity index (χ3n) is 4.47. The van der Waals surface area contributed by atoms with Gasteiger partial charge in [0.25, 0.3) is 0 Å². The quantitative estimate of drug-likeness (QED) is 0.722. The van der Waals surface area contributed by atoms with E-state index in [4.69, 9.17) is 0 Å². The Kier molecular flexibility index (Phi) is 7.03. The zero-order valence-electron chi connectivity index (χ0n) is 16.6. The topological polar surface area (TPSA) is 44.4 Å². The van der Waals surface area contributed by atoms with Gasteiger partial charge in [-0.3, -0.25) is 4.79 Å². The lowest BCUT2D eigenvalue weighted by atomic mass is 10.0. The highest BCUT2D eigenvalue weighted by Crippen LogP contribution is 2.34. The fourth-order valence-electron chi connectivity index (χ4n) is 3.04. The molecule has 1 aliphatic carbocycles. The Morgan fingerprint density at radius 2 is 1.76 bits per heavy atom. The van der Waals surface area contributed by atoms with Gasteiger partial charge in [-0.2, -0.15) is 0 Å². The van der Waals surface area contributed by atoms with E-state index in [-0.39, 0.29) is 17.5 Å². The van der Waals surface area contributed by atoms with E-state index in [1.807, 2.05) is 0 Å². The monoisotopic (exact) mass is 345 g/mol. The van der Waals surface area contributed by atoms with Crippen molar-refractivity contribution >= 4 is 5.91 Å². The Hall–Kier alpha value is -1.39. The Bertz CT molecular complexity index is 541. The zero-order valence-corrected chi connectivity index (χ0v) is 16.6. The summed E-state index contributed by atoms with van der Waals surface area (Å²) < 4.78 is 0. The zero-order chi connectivity index (χ0) is 18.4. The second-order valence-corrected chi connectivity index (χ2v) is 8.74. The molecule has 25 heavy (non-hydrogen) atoms. The lowest BCUT2D eigenvalue weighted by molar-refractivity contribution is -0.124. The molecular weight excluding hydrogens is 310 g/mol. The molecule has 4 nitrogen and oxygen atoms in total. The SMILES string of the molecule is CN(C)Cc1ccc(CNC(=O)C(CCC2CC2)NC(C)(C)C)cc1. The van der Waals surface area contributed by atoms with E-state index >= 15 is 0 Å². The van der Waals surface area contributed by atoms with Crippen LogP contribution < -0.4 is 10.6 Å². The van der Waals surface area contributed by atoms with Gasteiger partial charge in [0, 0.05) is 18.6 Å². The maximum Gasteiger partial charge on any atom is 0.237 e. The van der Waals surface area contributed by atoms with Crippen molar-refractivity contribution in [3.05, 3.63) is 35.4 Å². The van der Waals surface area contributed by atoms with Gasteiger partial charge in [0.05, 0.1) is 6.04 Å². The molecular formula is C21H35N3O. The van der Waals surface area contributed by atoms with Gasteiger partial charge >= 0.3 is 0 Å². The summed E-state index contributed by atoms with van der Waals surface area (Å²) >= 11 is 0. The van der Waals surface area contributed by atoms with E-state index in [1.54, 1.807) is 0 Å². The Balaban J connectivity index is 1.85. The lowest BCUT2D eigenvalue weighted by Crippen LogP contribution is -2.51. The summed E-state index contributed by atoms with van der Waals surface area (Å²) in [5, 5.41) is 6.60. The molecule has 0 aromatic heterocycles. The van der Waals surface area contributed by atoms with Crippen LogP contribution in [0.1, 0.15) is 57.6 Å². The van der Waals surface area contributed by atoms with E-state index in [2.05, 4.69) is 74.7 Å². The van der Waals surface area contributed by atoms with Gasteiger partial charge in [-0.05, 0) is 64.8 Å². The summed E-state index contributed by atoms with van der Waals surface area (Å²) in [7, 11) is 4.14. The number of carbonyl (C=O) groups excluding carboxylic acids is 1. The highest BCUT2D eigenvalue weighted by Gasteiger charge is 2.27. The van der Waals surface area contributed by atoms with Crippen molar-refractivity contribution in [1.82, 2.24) is 15.5 Å². The predicted molar refractivity (Wildman–Crippen MR) is 104 cm³/mol. The van der Waals surface area contributed by atoms with Crippen molar-refractivity contribution in [2.24, 2.45) is 5.92 Å². The summed E-state index contributed by atoms with van der Waals surface area (Å²) in [5.74, 6) is 0.967. The Morgan fingerprint density at radius 3 is 2.28 bits per heavy atom. The maximum absolute atomic E-state index is 12.7. The average molecular weight is 346 g/mol. The van der Waals surface area contributed by atoms with E-state index in [1.165, 1.54) is 18.4 Å². The smallest absolute Gasteiger partial charge is 0.237 e. The van der Waals surface area contributed by atoms with Crippen molar-refractivity contribution in [1.29, 1.82) is 0 Å². The summed E-state index contributed by atoms with van der Waals surface area (Å²) in [6, 6.07) is 8.39. The summed E-state index contributed by atoms with van der Waals surface area (Å²) in [6.07, 6.45) is 4.75. The standard InChI is InChI=1S/C21H35N3O/c1-21(2,3)23-19(13-12-16-6-7-16)20(25)22-14-17-8-10-18(11-9-17)15-24(4)5/h8-11,16,19,23H,6-7,12-15H2,1-5H3,(H,22,25). The minimum atomic E-state index is -0.103. The molecule has 1 saturated carbocycles. The van der Waals surface area contributed by atoms with Crippen LogP contribution in [0.2, 0.25) is 0 Å². The van der Waals surface area contributed by atoms with Crippen molar-refractivity contribution in [3.63, 3.8) is 0 Å². The maximum atomic E-state index is 12.7. The first-order chi connectivity index (χ1) is 11.7. The van der Waals surface area contributed by atoms with Crippen LogP contribution in [0.5, 0.6) is 0 Å². The number of benzene rings is 1. The molecule has 1 aromatic carbocycles. The normalized spacial score (nSPS) is 16.1. The highest BCUT2D eigenvalue weighted by molar-refractivity contribution is 5.81. The van der Waals surface area contributed by atoms with E-state index in [0.29, 0.717) is 6.54 Å². The van der Waals surface area contributed by atoms with Crippen LogP contribution in [0.15, 0.2) is 24.3 Å². The van der Waals surface area contributed by atoms with Gasteiger partial charge in [0.15, 0.2) is 0 Å². The van der Waals surface area contributed by atoms with E-state index in [0.717, 1.165) is 30.9 Å². The van der Waals surface area contributed by atoms with Crippen LogP contribution in [-0.4, -0.2) is 36.5 Å². The molecule has 1 atom stereocenters. The van der Waals surface area contributed by atoms with Crippen LogP contribution in [-0.2, 0) is 17.9 Å². The molecule has 0 bridgehead atoms. The number of hydrogen-bond acceptors (Lipinski definition) is 3. The second-order valence-electron chi connectivity index (χ2n) is 8.74. The Labute approximate surface area is 153 Å². The first-order valence-electron chi connectivity index (χ1n) is 9.51. The summed E-state index contributed by atoms with van der Waals surface area (Å²) in [4.78, 5) is 14.8. The average Bonchev–Trinajstić information content (AvgIpc) is 3.33. The van der Waals surface area contributed by atoms with Gasteiger partial charge in [-0.15, -0.1) is 0 Å². The van der Waals surface area contributed by atoms with Gasteiger partial charge < -0.3 is 15.5 Å². The molecule has 0 heterocycles. The largest absolute Gasteiger partial charge is 0.351 e. The molecule has 4 heteroatoms. The first-order valence-corrected chi connectivity index (χ1v) is 9.51. The van der Waals surface area contributed by atoms with Gasteiger partial charge in [-0.25, -0.2) is 0 Å². The van der Waals surface area contributed by atoms with Gasteiger partial charge in [0.2, 0.25) is 5.91 Å². The summed E-state index contributed by atoms with van der Waals surface area (Å²) in [5.41, 5.74) is 2.38. The molecule has 140 valence electrons. The van der Waals surface area contributed by atoms with E-state index in [9.17, 15) is 4.79 Å². The third-order valence-corrected chi connectivity index (χ3v) is 4.47. The minimum Gasteiger partial charge on any atom is -0.351 e. The number of hydrogen-bond donors (Lipinski definition) is 2. The van der Waals surface area contributed by atoms with Crippen LogP contribution in [0.4, 0.5) is 0 Å². The minimum absolute atomic E-state index is 0.0562. The van der Waals surface area contributed by atoms with Crippen LogP contribution in [0.25, 0.3) is 0 Å². The molecule has 0 spiro atoms. The third kappa shape index (κ3) is 8.02. The Morgan fingerprint density at radius 1 is 1.16 bits per heavy atom. The fourth-order valence-corrected chi connectivity index (χ4v) is 3.04.